The van der Waals surface area contributed by atoms with E-state index in [9.17, 15) is 0 Å². The highest BCUT2D eigenvalue weighted by atomic mass is 32.1. The van der Waals surface area contributed by atoms with Crippen molar-refractivity contribution in [1.82, 2.24) is 5.32 Å². The molecular weight excluding hydrogens is 166 g/mol. The van der Waals surface area contributed by atoms with E-state index in [2.05, 4.69) is 36.3 Å². The number of rotatable bonds is 5. The Hall–Kier alpha value is -0.600. The normalized spacial score (nSPS) is 12.8. The van der Waals surface area contributed by atoms with Crippen molar-refractivity contribution >= 4 is 11.3 Å². The Labute approximate surface area is 78.1 Å². The third kappa shape index (κ3) is 2.47. The van der Waals surface area contributed by atoms with Crippen LogP contribution in [0.3, 0.4) is 0 Å². The molecule has 0 saturated heterocycles. The summed E-state index contributed by atoms with van der Waals surface area (Å²) in [6.07, 6.45) is 3.12. The van der Waals surface area contributed by atoms with Gasteiger partial charge in [0.05, 0.1) is 6.04 Å². The molecule has 1 aromatic heterocycles. The molecular formula is C10H15NS. The first-order chi connectivity index (χ1) is 5.88. The van der Waals surface area contributed by atoms with E-state index in [4.69, 9.17) is 0 Å². The summed E-state index contributed by atoms with van der Waals surface area (Å²) in [4.78, 5) is 1.35. The number of nitrogens with one attached hydrogen (secondary N) is 1. The fourth-order valence-electron chi connectivity index (χ4n) is 1.07. The molecule has 1 N–H and O–H groups in total. The van der Waals surface area contributed by atoms with E-state index >= 15 is 0 Å². The molecule has 1 atom stereocenters. The standard InChI is InChI=1S/C10H15NS/c1-3-7-11-9(4-2)10-6-5-8-12-10/h4-6,8-9,11H,2-3,7H2,1H3. The van der Waals surface area contributed by atoms with Crippen molar-refractivity contribution in [2.75, 3.05) is 6.54 Å². The summed E-state index contributed by atoms with van der Waals surface area (Å²) in [5.41, 5.74) is 0. The van der Waals surface area contributed by atoms with Crippen molar-refractivity contribution < 1.29 is 0 Å². The summed E-state index contributed by atoms with van der Waals surface area (Å²) in [6, 6.07) is 4.55. The average Bonchev–Trinajstić information content (AvgIpc) is 2.59. The largest absolute Gasteiger partial charge is 0.306 e. The van der Waals surface area contributed by atoms with Gasteiger partial charge in [-0.2, -0.15) is 0 Å². The van der Waals surface area contributed by atoms with Crippen LogP contribution in [0, 0.1) is 0 Å². The lowest BCUT2D eigenvalue weighted by molar-refractivity contribution is 0.621. The van der Waals surface area contributed by atoms with E-state index < -0.39 is 0 Å². The van der Waals surface area contributed by atoms with Crippen LogP contribution in [0.1, 0.15) is 24.3 Å². The smallest absolute Gasteiger partial charge is 0.0598 e. The highest BCUT2D eigenvalue weighted by Gasteiger charge is 2.05. The number of hydrogen-bond donors (Lipinski definition) is 1. The van der Waals surface area contributed by atoms with Crippen LogP contribution in [0.5, 0.6) is 0 Å². The van der Waals surface area contributed by atoms with Crippen molar-refractivity contribution in [1.29, 1.82) is 0 Å². The van der Waals surface area contributed by atoms with Gasteiger partial charge in [-0.1, -0.05) is 19.1 Å². The van der Waals surface area contributed by atoms with Gasteiger partial charge in [-0.25, -0.2) is 0 Å². The van der Waals surface area contributed by atoms with E-state index in [0.29, 0.717) is 6.04 Å². The van der Waals surface area contributed by atoms with Gasteiger partial charge in [-0.3, -0.25) is 0 Å². The van der Waals surface area contributed by atoms with Gasteiger partial charge in [0, 0.05) is 4.88 Å². The minimum Gasteiger partial charge on any atom is -0.306 e. The summed E-state index contributed by atoms with van der Waals surface area (Å²) in [6.45, 7) is 7.03. The van der Waals surface area contributed by atoms with Crippen molar-refractivity contribution in [2.45, 2.75) is 19.4 Å². The topological polar surface area (TPSA) is 12.0 Å². The Kier molecular flexibility index (Phi) is 4.05. The van der Waals surface area contributed by atoms with Crippen LogP contribution in [0.4, 0.5) is 0 Å². The average molecular weight is 181 g/mol. The fraction of sp³-hybridized carbons (Fsp3) is 0.400. The van der Waals surface area contributed by atoms with Crippen LogP contribution in [-0.4, -0.2) is 6.54 Å². The zero-order valence-electron chi connectivity index (χ0n) is 7.42. The first-order valence-corrected chi connectivity index (χ1v) is 5.15. The molecule has 2 heteroatoms. The van der Waals surface area contributed by atoms with Gasteiger partial charge in [0.25, 0.3) is 0 Å². The second-order valence-electron chi connectivity index (χ2n) is 2.68. The monoisotopic (exact) mass is 181 g/mol. The van der Waals surface area contributed by atoms with Crippen LogP contribution in [0.25, 0.3) is 0 Å². The van der Waals surface area contributed by atoms with Gasteiger partial charge < -0.3 is 5.32 Å². The first-order valence-electron chi connectivity index (χ1n) is 4.27. The molecule has 1 heterocycles. The molecule has 1 rings (SSSR count). The minimum absolute atomic E-state index is 0.338. The zero-order chi connectivity index (χ0) is 8.81. The summed E-state index contributed by atoms with van der Waals surface area (Å²) in [7, 11) is 0. The highest BCUT2D eigenvalue weighted by molar-refractivity contribution is 7.10. The maximum Gasteiger partial charge on any atom is 0.0598 e. The van der Waals surface area contributed by atoms with Crippen molar-refractivity contribution in [3.63, 3.8) is 0 Å². The molecule has 0 aliphatic carbocycles. The van der Waals surface area contributed by atoms with Gasteiger partial charge in [-0.05, 0) is 24.4 Å². The Morgan fingerprint density at radius 1 is 1.75 bits per heavy atom. The molecule has 0 radical (unpaired) electrons. The Morgan fingerprint density at radius 3 is 3.08 bits per heavy atom. The molecule has 1 aromatic rings. The van der Waals surface area contributed by atoms with E-state index in [-0.39, 0.29) is 0 Å². The molecule has 66 valence electrons. The quantitative estimate of drug-likeness (QED) is 0.689. The molecule has 12 heavy (non-hydrogen) atoms. The molecule has 0 spiro atoms. The third-order valence-corrected chi connectivity index (χ3v) is 2.66. The maximum atomic E-state index is 3.81. The molecule has 0 amide bonds. The second-order valence-corrected chi connectivity index (χ2v) is 3.66. The molecule has 0 aliphatic heterocycles. The summed E-state index contributed by atoms with van der Waals surface area (Å²) >= 11 is 1.77. The third-order valence-electron chi connectivity index (χ3n) is 1.70. The predicted molar refractivity (Wildman–Crippen MR) is 55.6 cm³/mol. The highest BCUT2D eigenvalue weighted by Crippen LogP contribution is 2.19. The van der Waals surface area contributed by atoms with E-state index in [1.807, 2.05) is 6.08 Å². The van der Waals surface area contributed by atoms with E-state index in [0.717, 1.165) is 13.0 Å². The van der Waals surface area contributed by atoms with Gasteiger partial charge in [0.2, 0.25) is 0 Å². The molecule has 0 bridgehead atoms. The SMILES string of the molecule is C=CC(NCCC)c1cccs1. The van der Waals surface area contributed by atoms with Crippen LogP contribution >= 0.6 is 11.3 Å². The number of thiophene rings is 1. The van der Waals surface area contributed by atoms with Crippen LogP contribution < -0.4 is 5.32 Å². The minimum atomic E-state index is 0.338. The molecule has 1 nitrogen and oxygen atoms in total. The van der Waals surface area contributed by atoms with Gasteiger partial charge >= 0.3 is 0 Å². The lowest BCUT2D eigenvalue weighted by Gasteiger charge is -2.11. The lowest BCUT2D eigenvalue weighted by Crippen LogP contribution is -2.19. The van der Waals surface area contributed by atoms with Crippen LogP contribution in [0.15, 0.2) is 30.2 Å². The summed E-state index contributed by atoms with van der Waals surface area (Å²) in [5, 5.41) is 5.51. The fourth-order valence-corrected chi connectivity index (χ4v) is 1.87. The Morgan fingerprint density at radius 2 is 2.58 bits per heavy atom. The van der Waals surface area contributed by atoms with Crippen LogP contribution in [0.2, 0.25) is 0 Å². The maximum absolute atomic E-state index is 3.81. The lowest BCUT2D eigenvalue weighted by atomic mass is 10.2. The van der Waals surface area contributed by atoms with Gasteiger partial charge in [-0.15, -0.1) is 17.9 Å². The van der Waals surface area contributed by atoms with Gasteiger partial charge in [0.15, 0.2) is 0 Å². The van der Waals surface area contributed by atoms with Crippen molar-refractivity contribution in [2.24, 2.45) is 0 Å². The second kappa shape index (κ2) is 5.12. The molecule has 0 aromatic carbocycles. The van der Waals surface area contributed by atoms with Crippen molar-refractivity contribution in [3.05, 3.63) is 35.0 Å². The number of hydrogen-bond acceptors (Lipinski definition) is 2. The summed E-state index contributed by atoms with van der Waals surface area (Å²) in [5.74, 6) is 0. The van der Waals surface area contributed by atoms with E-state index in [1.54, 1.807) is 11.3 Å². The predicted octanol–water partition coefficient (Wildman–Crippen LogP) is 2.97. The Balaban J connectivity index is 2.51. The van der Waals surface area contributed by atoms with Gasteiger partial charge in [0.1, 0.15) is 0 Å². The molecule has 0 aliphatic rings. The van der Waals surface area contributed by atoms with Crippen molar-refractivity contribution in [3.8, 4) is 0 Å². The summed E-state index contributed by atoms with van der Waals surface area (Å²) < 4.78 is 0. The molecule has 1 unspecified atom stereocenters. The van der Waals surface area contributed by atoms with E-state index in [1.165, 1.54) is 4.88 Å². The Bertz CT molecular complexity index is 216. The van der Waals surface area contributed by atoms with Crippen LogP contribution in [-0.2, 0) is 0 Å². The first kappa shape index (κ1) is 9.49. The molecule has 0 fully saturated rings. The molecule has 0 saturated carbocycles. The zero-order valence-corrected chi connectivity index (χ0v) is 8.23.